The van der Waals surface area contributed by atoms with Crippen molar-refractivity contribution < 1.29 is 14.6 Å². The van der Waals surface area contributed by atoms with E-state index in [2.05, 4.69) is 10.1 Å². The maximum Gasteiger partial charge on any atom is 0.325 e. The minimum absolute atomic E-state index is 0. The molecule has 90 valence electrons. The summed E-state index contributed by atoms with van der Waals surface area (Å²) in [6.45, 7) is 0.265. The summed E-state index contributed by atoms with van der Waals surface area (Å²) < 4.78 is 4.53. The van der Waals surface area contributed by atoms with Gasteiger partial charge in [0.2, 0.25) is 0 Å². The molecule has 0 aliphatic rings. The molecule has 2 N–H and O–H groups in total. The SMILES string of the molecule is COC(=O)[C@H](CO)NCc1ccccc1.Cl. The van der Waals surface area contributed by atoms with Crippen LogP contribution in [0.3, 0.4) is 0 Å². The number of ether oxygens (including phenoxy) is 1. The van der Waals surface area contributed by atoms with E-state index < -0.39 is 12.0 Å². The first-order valence-corrected chi connectivity index (χ1v) is 4.74. The molecule has 1 aromatic carbocycles. The van der Waals surface area contributed by atoms with Gasteiger partial charge in [0.1, 0.15) is 6.04 Å². The smallest absolute Gasteiger partial charge is 0.325 e. The molecule has 0 spiro atoms. The van der Waals surface area contributed by atoms with E-state index >= 15 is 0 Å². The highest BCUT2D eigenvalue weighted by Gasteiger charge is 2.16. The second-order valence-corrected chi connectivity index (χ2v) is 3.12. The predicted molar refractivity (Wildman–Crippen MR) is 63.4 cm³/mol. The highest BCUT2D eigenvalue weighted by atomic mass is 35.5. The summed E-state index contributed by atoms with van der Waals surface area (Å²) in [7, 11) is 1.30. The van der Waals surface area contributed by atoms with Crippen LogP contribution in [-0.2, 0) is 16.1 Å². The number of benzene rings is 1. The van der Waals surface area contributed by atoms with Gasteiger partial charge < -0.3 is 9.84 Å². The van der Waals surface area contributed by atoms with Crippen molar-refractivity contribution in [2.24, 2.45) is 0 Å². The molecule has 0 saturated carbocycles. The van der Waals surface area contributed by atoms with Crippen molar-refractivity contribution in [3.05, 3.63) is 35.9 Å². The first-order valence-electron chi connectivity index (χ1n) is 4.74. The van der Waals surface area contributed by atoms with E-state index in [9.17, 15) is 4.79 Å². The van der Waals surface area contributed by atoms with E-state index in [0.717, 1.165) is 5.56 Å². The van der Waals surface area contributed by atoms with E-state index in [-0.39, 0.29) is 19.0 Å². The molecule has 4 nitrogen and oxygen atoms in total. The summed E-state index contributed by atoms with van der Waals surface area (Å²) in [5, 5.41) is 11.9. The standard InChI is InChI=1S/C11H15NO3.ClH/c1-15-11(14)10(8-13)12-7-9-5-3-2-4-6-9;/h2-6,10,12-13H,7-8H2,1H3;1H/t10-;/m0./s1. The second-order valence-electron chi connectivity index (χ2n) is 3.12. The van der Waals surface area contributed by atoms with Gasteiger partial charge in [-0.3, -0.25) is 10.1 Å². The Balaban J connectivity index is 0.00000225. The van der Waals surface area contributed by atoms with Crippen LogP contribution in [0.15, 0.2) is 30.3 Å². The van der Waals surface area contributed by atoms with Crippen molar-refractivity contribution >= 4 is 18.4 Å². The van der Waals surface area contributed by atoms with Crippen LogP contribution in [0.25, 0.3) is 0 Å². The number of hydrogen-bond acceptors (Lipinski definition) is 4. The molecule has 5 heteroatoms. The van der Waals surface area contributed by atoms with Crippen LogP contribution in [0.1, 0.15) is 5.56 Å². The van der Waals surface area contributed by atoms with Crippen LogP contribution >= 0.6 is 12.4 Å². The van der Waals surface area contributed by atoms with Crippen LogP contribution in [0.5, 0.6) is 0 Å². The van der Waals surface area contributed by atoms with Crippen LogP contribution in [0, 0.1) is 0 Å². The highest BCUT2D eigenvalue weighted by molar-refractivity contribution is 5.85. The highest BCUT2D eigenvalue weighted by Crippen LogP contribution is 1.98. The maximum absolute atomic E-state index is 11.1. The van der Waals surface area contributed by atoms with Crippen molar-refractivity contribution in [3.63, 3.8) is 0 Å². The van der Waals surface area contributed by atoms with Gasteiger partial charge >= 0.3 is 5.97 Å². The monoisotopic (exact) mass is 245 g/mol. The Hall–Kier alpha value is -1.10. The van der Waals surface area contributed by atoms with Gasteiger partial charge in [0.05, 0.1) is 13.7 Å². The number of aliphatic hydroxyl groups is 1. The van der Waals surface area contributed by atoms with E-state index in [1.54, 1.807) is 0 Å². The van der Waals surface area contributed by atoms with Gasteiger partial charge in [-0.1, -0.05) is 30.3 Å². The number of rotatable bonds is 5. The Bertz CT molecular complexity index is 305. The van der Waals surface area contributed by atoms with Gasteiger partial charge in [0.15, 0.2) is 0 Å². The lowest BCUT2D eigenvalue weighted by Gasteiger charge is -2.13. The number of nitrogens with one attached hydrogen (secondary N) is 1. The third-order valence-corrected chi connectivity index (χ3v) is 2.06. The molecule has 1 aromatic rings. The maximum atomic E-state index is 11.1. The first kappa shape index (κ1) is 14.9. The zero-order valence-corrected chi connectivity index (χ0v) is 9.87. The minimum atomic E-state index is -0.657. The van der Waals surface area contributed by atoms with Crippen LogP contribution < -0.4 is 5.32 Å². The van der Waals surface area contributed by atoms with Crippen molar-refractivity contribution in [2.45, 2.75) is 12.6 Å². The molecule has 0 aliphatic heterocycles. The van der Waals surface area contributed by atoms with Gasteiger partial charge in [0, 0.05) is 6.54 Å². The first-order chi connectivity index (χ1) is 7.27. The van der Waals surface area contributed by atoms with Gasteiger partial charge in [0.25, 0.3) is 0 Å². The number of aliphatic hydroxyl groups excluding tert-OH is 1. The molecule has 0 fully saturated rings. The zero-order chi connectivity index (χ0) is 11.1. The molecule has 0 heterocycles. The number of halogens is 1. The average molecular weight is 246 g/mol. The third kappa shape index (κ3) is 4.61. The topological polar surface area (TPSA) is 58.6 Å². The fourth-order valence-electron chi connectivity index (χ4n) is 1.20. The van der Waals surface area contributed by atoms with E-state index in [1.807, 2.05) is 30.3 Å². The van der Waals surface area contributed by atoms with E-state index in [4.69, 9.17) is 5.11 Å². The molecule has 0 aromatic heterocycles. The lowest BCUT2D eigenvalue weighted by atomic mass is 10.2. The number of carbonyl (C=O) groups is 1. The zero-order valence-electron chi connectivity index (χ0n) is 9.05. The fraction of sp³-hybridized carbons (Fsp3) is 0.364. The molecular formula is C11H16ClNO3. The van der Waals surface area contributed by atoms with Gasteiger partial charge in [-0.25, -0.2) is 0 Å². The average Bonchev–Trinajstić information content (AvgIpc) is 2.31. The van der Waals surface area contributed by atoms with E-state index in [1.165, 1.54) is 7.11 Å². The Morgan fingerprint density at radius 2 is 2.06 bits per heavy atom. The molecule has 0 unspecified atom stereocenters. The summed E-state index contributed by atoms with van der Waals surface area (Å²) in [5.41, 5.74) is 1.06. The molecule has 0 saturated heterocycles. The third-order valence-electron chi connectivity index (χ3n) is 2.06. The quantitative estimate of drug-likeness (QED) is 0.751. The van der Waals surface area contributed by atoms with Crippen LogP contribution in [0.2, 0.25) is 0 Å². The minimum Gasteiger partial charge on any atom is -0.468 e. The summed E-state index contributed by atoms with van der Waals surface area (Å²) in [5.74, 6) is -0.451. The lowest BCUT2D eigenvalue weighted by molar-refractivity contribution is -0.144. The van der Waals surface area contributed by atoms with Gasteiger partial charge in [-0.2, -0.15) is 0 Å². The number of carbonyl (C=O) groups excluding carboxylic acids is 1. The summed E-state index contributed by atoms with van der Waals surface area (Å²) in [6.07, 6.45) is 0. The van der Waals surface area contributed by atoms with Crippen LogP contribution in [0.4, 0.5) is 0 Å². The molecule has 0 radical (unpaired) electrons. The molecule has 1 rings (SSSR count). The second kappa shape index (κ2) is 8.10. The summed E-state index contributed by atoms with van der Waals surface area (Å²) in [4.78, 5) is 11.1. The van der Waals surface area contributed by atoms with Gasteiger partial charge in [-0.05, 0) is 5.56 Å². The Kier molecular flexibility index (Phi) is 7.54. The normalized spacial score (nSPS) is 11.4. The summed E-state index contributed by atoms with van der Waals surface area (Å²) in [6, 6.07) is 8.99. The Labute approximate surface area is 101 Å². The largest absolute Gasteiger partial charge is 0.468 e. The van der Waals surface area contributed by atoms with Gasteiger partial charge in [-0.15, -0.1) is 12.4 Å². The molecule has 1 atom stereocenters. The van der Waals surface area contributed by atoms with Crippen LogP contribution in [-0.4, -0.2) is 30.8 Å². The lowest BCUT2D eigenvalue weighted by Crippen LogP contribution is -2.40. The molecular weight excluding hydrogens is 230 g/mol. The van der Waals surface area contributed by atoms with E-state index in [0.29, 0.717) is 6.54 Å². The molecule has 16 heavy (non-hydrogen) atoms. The molecule has 0 amide bonds. The Morgan fingerprint density at radius 1 is 1.44 bits per heavy atom. The van der Waals surface area contributed by atoms with Crippen molar-refractivity contribution in [1.82, 2.24) is 5.32 Å². The molecule has 0 aliphatic carbocycles. The van der Waals surface area contributed by atoms with Crippen molar-refractivity contribution in [2.75, 3.05) is 13.7 Å². The summed E-state index contributed by atoms with van der Waals surface area (Å²) >= 11 is 0. The Morgan fingerprint density at radius 3 is 2.56 bits per heavy atom. The van der Waals surface area contributed by atoms with Crippen molar-refractivity contribution in [1.29, 1.82) is 0 Å². The fourth-order valence-corrected chi connectivity index (χ4v) is 1.20. The molecule has 0 bridgehead atoms. The predicted octanol–water partition coefficient (Wildman–Crippen LogP) is 0.732. The number of esters is 1. The number of methoxy groups -OCH3 is 1. The van der Waals surface area contributed by atoms with Crippen molar-refractivity contribution in [3.8, 4) is 0 Å². The number of hydrogen-bond donors (Lipinski definition) is 2.